The van der Waals surface area contributed by atoms with Gasteiger partial charge in [-0.05, 0) is 37.9 Å². The molecule has 0 aromatic rings. The second-order valence-corrected chi connectivity index (χ2v) is 5.63. The van der Waals surface area contributed by atoms with E-state index in [-0.39, 0.29) is 18.8 Å². The van der Waals surface area contributed by atoms with E-state index < -0.39 is 0 Å². The highest BCUT2D eigenvalue weighted by Gasteiger charge is 2.17. The molecule has 1 fully saturated rings. The molecule has 0 unspecified atom stereocenters. The van der Waals surface area contributed by atoms with Crippen molar-refractivity contribution in [2.45, 2.75) is 26.2 Å². The highest BCUT2D eigenvalue weighted by atomic mass is 16.5. The number of piperidine rings is 1. The molecular formula is C17H26N2O2. The van der Waals surface area contributed by atoms with Gasteiger partial charge in [0.1, 0.15) is 12.4 Å². The Morgan fingerprint density at radius 3 is 2.71 bits per heavy atom. The molecule has 1 heterocycles. The monoisotopic (exact) mass is 290 g/mol. The van der Waals surface area contributed by atoms with Crippen LogP contribution in [0.3, 0.4) is 0 Å². The molecule has 0 spiro atoms. The van der Waals surface area contributed by atoms with Crippen molar-refractivity contribution in [1.29, 1.82) is 5.41 Å². The summed E-state index contributed by atoms with van der Waals surface area (Å²) in [6.07, 6.45) is 7.49. The van der Waals surface area contributed by atoms with Crippen molar-refractivity contribution >= 4 is 11.5 Å². The number of likely N-dealkylation sites (tertiary alicyclic amines) is 1. The highest BCUT2D eigenvalue weighted by molar-refractivity contribution is 6.01. The van der Waals surface area contributed by atoms with Crippen molar-refractivity contribution in [3.63, 3.8) is 0 Å². The molecule has 1 aliphatic rings. The van der Waals surface area contributed by atoms with E-state index in [2.05, 4.69) is 25.0 Å². The van der Waals surface area contributed by atoms with E-state index in [1.165, 1.54) is 12.8 Å². The molecule has 0 amide bonds. The SMILES string of the molecule is C=CC=CC(=C)OCC(=O)CC(=N)CN1CCC(C)CC1. The Kier molecular flexibility index (Phi) is 7.69. The first-order valence-electron chi connectivity index (χ1n) is 7.42. The summed E-state index contributed by atoms with van der Waals surface area (Å²) in [5.41, 5.74) is 0.463. The van der Waals surface area contributed by atoms with Gasteiger partial charge in [-0.3, -0.25) is 9.69 Å². The topological polar surface area (TPSA) is 53.4 Å². The molecular weight excluding hydrogens is 264 g/mol. The summed E-state index contributed by atoms with van der Waals surface area (Å²) in [6, 6.07) is 0. The number of carbonyl (C=O) groups is 1. The summed E-state index contributed by atoms with van der Waals surface area (Å²) in [5.74, 6) is 1.12. The van der Waals surface area contributed by atoms with Crippen molar-refractivity contribution in [2.24, 2.45) is 5.92 Å². The van der Waals surface area contributed by atoms with Crippen molar-refractivity contribution in [3.8, 4) is 0 Å². The average molecular weight is 290 g/mol. The van der Waals surface area contributed by atoms with Gasteiger partial charge in [0, 0.05) is 18.7 Å². The maximum absolute atomic E-state index is 11.8. The Labute approximate surface area is 127 Å². The fraction of sp³-hybridized carbons (Fsp3) is 0.529. The van der Waals surface area contributed by atoms with Crippen LogP contribution >= 0.6 is 0 Å². The lowest BCUT2D eigenvalue weighted by Gasteiger charge is -2.30. The molecule has 1 N–H and O–H groups in total. The minimum Gasteiger partial charge on any atom is -0.486 e. The zero-order valence-electron chi connectivity index (χ0n) is 12.9. The average Bonchev–Trinajstić information content (AvgIpc) is 2.45. The van der Waals surface area contributed by atoms with Gasteiger partial charge in [0.2, 0.25) is 0 Å². The minimum absolute atomic E-state index is 0.0280. The predicted octanol–water partition coefficient (Wildman–Crippen LogP) is 2.97. The molecule has 0 saturated carbocycles. The lowest BCUT2D eigenvalue weighted by atomic mass is 9.99. The molecule has 0 aromatic heterocycles. The van der Waals surface area contributed by atoms with E-state index in [0.717, 1.165) is 19.0 Å². The number of carbonyl (C=O) groups excluding carboxylic acids is 1. The molecule has 0 radical (unpaired) electrons. The number of nitrogens with zero attached hydrogens (tertiary/aromatic N) is 1. The van der Waals surface area contributed by atoms with Gasteiger partial charge in [-0.25, -0.2) is 0 Å². The second kappa shape index (κ2) is 9.29. The number of hydrogen-bond donors (Lipinski definition) is 1. The number of Topliss-reactive ketones (excluding diaryl/α,β-unsaturated/α-hetero) is 1. The highest BCUT2D eigenvalue weighted by Crippen LogP contribution is 2.15. The second-order valence-electron chi connectivity index (χ2n) is 5.63. The quantitative estimate of drug-likeness (QED) is 0.403. The summed E-state index contributed by atoms with van der Waals surface area (Å²) in [4.78, 5) is 14.0. The number of rotatable bonds is 9. The molecule has 4 nitrogen and oxygen atoms in total. The fourth-order valence-electron chi connectivity index (χ4n) is 2.23. The first-order chi connectivity index (χ1) is 10.0. The van der Waals surface area contributed by atoms with Crippen LogP contribution in [0.15, 0.2) is 37.1 Å². The van der Waals surface area contributed by atoms with E-state index in [0.29, 0.717) is 18.0 Å². The van der Waals surface area contributed by atoms with E-state index in [1.54, 1.807) is 18.2 Å². The van der Waals surface area contributed by atoms with Crippen LogP contribution in [0.2, 0.25) is 0 Å². The molecule has 0 bridgehead atoms. The normalized spacial score (nSPS) is 16.8. The number of ether oxygens (including phenoxy) is 1. The molecule has 0 aromatic carbocycles. The Balaban J connectivity index is 2.21. The third-order valence-corrected chi connectivity index (χ3v) is 3.54. The number of hydrogen-bond acceptors (Lipinski definition) is 4. The van der Waals surface area contributed by atoms with Crippen LogP contribution in [0, 0.1) is 11.3 Å². The van der Waals surface area contributed by atoms with Crippen LogP contribution < -0.4 is 0 Å². The van der Waals surface area contributed by atoms with Gasteiger partial charge in [-0.2, -0.15) is 0 Å². The van der Waals surface area contributed by atoms with Crippen molar-refractivity contribution in [1.82, 2.24) is 4.90 Å². The lowest BCUT2D eigenvalue weighted by Crippen LogP contribution is -2.37. The first kappa shape index (κ1) is 17.4. The third kappa shape index (κ3) is 7.61. The smallest absolute Gasteiger partial charge is 0.175 e. The Morgan fingerprint density at radius 2 is 2.10 bits per heavy atom. The van der Waals surface area contributed by atoms with E-state index in [1.807, 2.05) is 0 Å². The summed E-state index contributed by atoms with van der Waals surface area (Å²) < 4.78 is 5.22. The van der Waals surface area contributed by atoms with Crippen molar-refractivity contribution in [3.05, 3.63) is 37.1 Å². The van der Waals surface area contributed by atoms with Crippen LogP contribution in [-0.2, 0) is 9.53 Å². The Morgan fingerprint density at radius 1 is 1.43 bits per heavy atom. The molecule has 116 valence electrons. The van der Waals surface area contributed by atoms with Gasteiger partial charge in [-0.1, -0.05) is 32.2 Å². The fourth-order valence-corrected chi connectivity index (χ4v) is 2.23. The van der Waals surface area contributed by atoms with E-state index >= 15 is 0 Å². The van der Waals surface area contributed by atoms with Gasteiger partial charge in [0.05, 0.1) is 0 Å². The van der Waals surface area contributed by atoms with Crippen LogP contribution in [0.25, 0.3) is 0 Å². The minimum atomic E-state index is -0.0847. The molecule has 0 aliphatic carbocycles. The lowest BCUT2D eigenvalue weighted by molar-refractivity contribution is -0.121. The van der Waals surface area contributed by atoms with Gasteiger partial charge in [0.15, 0.2) is 5.78 Å². The zero-order chi connectivity index (χ0) is 15.7. The maximum atomic E-state index is 11.8. The number of allylic oxidation sites excluding steroid dienone is 3. The summed E-state index contributed by atoms with van der Waals surface area (Å²) in [6.45, 7) is 12.1. The molecule has 4 heteroatoms. The third-order valence-electron chi connectivity index (χ3n) is 3.54. The standard InChI is InChI=1S/C17H26N2O2/c1-4-5-6-15(3)21-13-17(20)11-16(18)12-19-9-7-14(2)8-10-19/h4-6,14,18H,1,3,7-13H2,2H3. The zero-order valence-corrected chi connectivity index (χ0v) is 12.9. The van der Waals surface area contributed by atoms with Crippen LogP contribution in [0.4, 0.5) is 0 Å². The molecule has 0 atom stereocenters. The van der Waals surface area contributed by atoms with Crippen LogP contribution in [-0.4, -0.2) is 42.6 Å². The molecule has 21 heavy (non-hydrogen) atoms. The van der Waals surface area contributed by atoms with Crippen molar-refractivity contribution < 1.29 is 9.53 Å². The summed E-state index contributed by atoms with van der Waals surface area (Å²) in [7, 11) is 0. The summed E-state index contributed by atoms with van der Waals surface area (Å²) >= 11 is 0. The van der Waals surface area contributed by atoms with Gasteiger partial charge < -0.3 is 10.1 Å². The van der Waals surface area contributed by atoms with Gasteiger partial charge in [-0.15, -0.1) is 0 Å². The Bertz CT molecular complexity index is 419. The van der Waals surface area contributed by atoms with Gasteiger partial charge >= 0.3 is 0 Å². The van der Waals surface area contributed by atoms with Crippen LogP contribution in [0.1, 0.15) is 26.2 Å². The number of ketones is 1. The maximum Gasteiger partial charge on any atom is 0.175 e. The summed E-state index contributed by atoms with van der Waals surface area (Å²) in [5, 5.41) is 7.93. The first-order valence-corrected chi connectivity index (χ1v) is 7.42. The molecule has 1 aliphatic heterocycles. The van der Waals surface area contributed by atoms with E-state index in [4.69, 9.17) is 10.1 Å². The number of nitrogens with one attached hydrogen (secondary N) is 1. The predicted molar refractivity (Wildman–Crippen MR) is 86.6 cm³/mol. The van der Waals surface area contributed by atoms with E-state index in [9.17, 15) is 4.79 Å². The molecule has 1 rings (SSSR count). The molecule has 1 saturated heterocycles. The Hall–Kier alpha value is -1.68. The van der Waals surface area contributed by atoms with Crippen LogP contribution in [0.5, 0.6) is 0 Å². The van der Waals surface area contributed by atoms with Gasteiger partial charge in [0.25, 0.3) is 0 Å². The van der Waals surface area contributed by atoms with Crippen molar-refractivity contribution in [2.75, 3.05) is 26.2 Å². The largest absolute Gasteiger partial charge is 0.486 e.